The van der Waals surface area contributed by atoms with Gasteiger partial charge in [0.15, 0.2) is 0 Å². The molecule has 0 saturated heterocycles. The van der Waals surface area contributed by atoms with Gasteiger partial charge < -0.3 is 0 Å². The minimum absolute atomic E-state index is 0.0830. The zero-order valence-electron chi connectivity index (χ0n) is 26.6. The molecule has 2 aromatic heterocycles. The van der Waals surface area contributed by atoms with Crippen LogP contribution in [-0.2, 0) is 5.41 Å². The van der Waals surface area contributed by atoms with E-state index in [1.165, 1.54) is 87.3 Å². The maximum absolute atomic E-state index is 5.50. The Kier molecular flexibility index (Phi) is 4.39. The number of benzene rings is 8. The van der Waals surface area contributed by atoms with Gasteiger partial charge in [-0.25, -0.2) is 4.98 Å². The number of fused-ring (bicyclic) bond motifs is 16. The van der Waals surface area contributed by atoms with Crippen LogP contribution in [0, 0.1) is 0 Å². The molecule has 0 saturated carbocycles. The quantitative estimate of drug-likeness (QED) is 0.0960. The van der Waals surface area contributed by atoms with Crippen LogP contribution in [0.15, 0.2) is 133 Å². The largest absolute Gasteiger partial charge is 0.280 e. The number of hydrogen-bond donors (Lipinski definition) is 0. The minimum Gasteiger partial charge on any atom is -0.280 e. The van der Waals surface area contributed by atoms with Gasteiger partial charge in [0.05, 0.1) is 27.8 Å². The standard InChI is InChI=1S/C44H28BN3/c1-44(2)31-19-9-10-20-33(31)45-39-30-18-8-7-17-29(30)37-27-15-5-3-14-26(27)24-36-38(37)42(39)48(43-46-34-21-11-12-22-35(34)47(36)43)41-28-16-6-4-13-25(28)23-32(44)40(41)45/h3-24H,1-2H3. The Morgan fingerprint density at radius 2 is 1.23 bits per heavy atom. The normalized spacial score (nSPS) is 14.6. The first-order valence-electron chi connectivity index (χ1n) is 16.9. The van der Waals surface area contributed by atoms with Gasteiger partial charge in [0.25, 0.3) is 0 Å². The molecule has 8 aromatic carbocycles. The molecule has 222 valence electrons. The Hall–Kier alpha value is -5.87. The number of para-hydroxylation sites is 2. The average Bonchev–Trinajstić information content (AvgIpc) is 3.52. The summed E-state index contributed by atoms with van der Waals surface area (Å²) in [6, 6.07) is 49.8. The van der Waals surface area contributed by atoms with Crippen molar-refractivity contribution in [1.82, 2.24) is 14.0 Å². The van der Waals surface area contributed by atoms with Crippen LogP contribution in [0.25, 0.3) is 76.6 Å². The molecule has 10 aromatic rings. The lowest BCUT2D eigenvalue weighted by Gasteiger charge is -2.43. The molecule has 0 atom stereocenters. The molecule has 0 N–H and O–H groups in total. The minimum atomic E-state index is -0.178. The van der Waals surface area contributed by atoms with E-state index < -0.39 is 0 Å². The van der Waals surface area contributed by atoms with Gasteiger partial charge in [-0.05, 0) is 67.2 Å². The molecular formula is C44H28BN3. The molecule has 48 heavy (non-hydrogen) atoms. The second-order valence-electron chi connectivity index (χ2n) is 14.3. The zero-order valence-corrected chi connectivity index (χ0v) is 26.6. The fourth-order valence-electron chi connectivity index (χ4n) is 9.78. The highest BCUT2D eigenvalue weighted by Gasteiger charge is 2.46. The second kappa shape index (κ2) is 8.34. The first-order valence-corrected chi connectivity index (χ1v) is 16.9. The van der Waals surface area contributed by atoms with E-state index in [-0.39, 0.29) is 12.1 Å². The first kappa shape index (κ1) is 25.3. The van der Waals surface area contributed by atoms with E-state index in [9.17, 15) is 0 Å². The topological polar surface area (TPSA) is 22.2 Å². The second-order valence-corrected chi connectivity index (χ2v) is 14.3. The lowest BCUT2D eigenvalue weighted by Crippen LogP contribution is -2.63. The van der Waals surface area contributed by atoms with E-state index in [1.54, 1.807) is 0 Å². The van der Waals surface area contributed by atoms with Crippen molar-refractivity contribution < 1.29 is 0 Å². The molecule has 0 bridgehead atoms. The number of rotatable bonds is 0. The molecule has 0 aliphatic carbocycles. The number of hydrogen-bond acceptors (Lipinski definition) is 1. The predicted molar refractivity (Wildman–Crippen MR) is 203 cm³/mol. The van der Waals surface area contributed by atoms with Gasteiger partial charge in [-0.15, -0.1) is 0 Å². The number of nitrogens with zero attached hydrogens (tertiary/aromatic N) is 3. The van der Waals surface area contributed by atoms with Crippen LogP contribution in [0.3, 0.4) is 0 Å². The Morgan fingerprint density at radius 3 is 2.08 bits per heavy atom. The van der Waals surface area contributed by atoms with Crippen LogP contribution < -0.4 is 16.4 Å². The molecule has 0 fully saturated rings. The molecule has 12 rings (SSSR count). The summed E-state index contributed by atoms with van der Waals surface area (Å²) < 4.78 is 5.00. The van der Waals surface area contributed by atoms with Crippen LogP contribution in [0.2, 0.25) is 0 Å². The van der Waals surface area contributed by atoms with E-state index in [0.717, 1.165) is 16.8 Å². The molecule has 0 unspecified atom stereocenters. The molecule has 0 radical (unpaired) electrons. The molecule has 4 heterocycles. The van der Waals surface area contributed by atoms with Gasteiger partial charge >= 0.3 is 0 Å². The summed E-state index contributed by atoms with van der Waals surface area (Å²) in [5, 5.41) is 10.3. The molecular weight excluding hydrogens is 581 g/mol. The van der Waals surface area contributed by atoms with Crippen molar-refractivity contribution in [2.45, 2.75) is 19.3 Å². The summed E-state index contributed by atoms with van der Waals surface area (Å²) in [4.78, 5) is 5.50. The van der Waals surface area contributed by atoms with Gasteiger partial charge in [0.1, 0.15) is 0 Å². The van der Waals surface area contributed by atoms with E-state index in [0.29, 0.717) is 0 Å². The maximum atomic E-state index is 5.50. The number of imidazole rings is 1. The summed E-state index contributed by atoms with van der Waals surface area (Å²) >= 11 is 0. The van der Waals surface area contributed by atoms with Crippen LogP contribution in [-0.4, -0.2) is 20.7 Å². The van der Waals surface area contributed by atoms with E-state index in [1.807, 2.05) is 0 Å². The van der Waals surface area contributed by atoms with Crippen LogP contribution in [0.1, 0.15) is 25.0 Å². The van der Waals surface area contributed by atoms with Crippen molar-refractivity contribution >= 4 is 94.0 Å². The lowest BCUT2D eigenvalue weighted by molar-refractivity contribution is 0.646. The summed E-state index contributed by atoms with van der Waals surface area (Å²) in [5.41, 5.74) is 12.8. The highest BCUT2D eigenvalue weighted by molar-refractivity contribution is 7.00. The van der Waals surface area contributed by atoms with Gasteiger partial charge in [0, 0.05) is 21.6 Å². The van der Waals surface area contributed by atoms with Crippen LogP contribution in [0.4, 0.5) is 0 Å². The average molecular weight is 610 g/mol. The molecule has 2 aliphatic rings. The summed E-state index contributed by atoms with van der Waals surface area (Å²) in [7, 11) is 0. The van der Waals surface area contributed by atoms with E-state index >= 15 is 0 Å². The van der Waals surface area contributed by atoms with Crippen LogP contribution >= 0.6 is 0 Å². The monoisotopic (exact) mass is 609 g/mol. The highest BCUT2D eigenvalue weighted by atomic mass is 15.2. The molecule has 3 nitrogen and oxygen atoms in total. The third kappa shape index (κ3) is 2.76. The third-order valence-electron chi connectivity index (χ3n) is 11.7. The molecule has 0 amide bonds. The Bertz CT molecular complexity index is 3100. The Balaban J connectivity index is 1.50. The lowest BCUT2D eigenvalue weighted by atomic mass is 9.30. The van der Waals surface area contributed by atoms with Crippen molar-refractivity contribution in [3.63, 3.8) is 0 Å². The third-order valence-corrected chi connectivity index (χ3v) is 11.7. The Morgan fingerprint density at radius 1 is 0.562 bits per heavy atom. The van der Waals surface area contributed by atoms with Gasteiger partial charge in [-0.2, -0.15) is 0 Å². The summed E-state index contributed by atoms with van der Waals surface area (Å²) in [6.45, 7) is 4.91. The molecule has 0 spiro atoms. The fraction of sp³-hybridized carbons (Fsp3) is 0.0682. The van der Waals surface area contributed by atoms with E-state index in [4.69, 9.17) is 4.98 Å². The maximum Gasteiger partial charge on any atom is 0.248 e. The van der Waals surface area contributed by atoms with Gasteiger partial charge in [-0.3, -0.25) is 8.97 Å². The fourth-order valence-corrected chi connectivity index (χ4v) is 9.78. The predicted octanol–water partition coefficient (Wildman–Crippen LogP) is 8.51. The summed E-state index contributed by atoms with van der Waals surface area (Å²) in [6.07, 6.45) is 0. The van der Waals surface area contributed by atoms with Crippen molar-refractivity contribution in [3.8, 4) is 5.69 Å². The Labute approximate surface area is 276 Å². The molecule has 2 aliphatic heterocycles. The highest BCUT2D eigenvalue weighted by Crippen LogP contribution is 2.45. The van der Waals surface area contributed by atoms with Crippen LogP contribution in [0.5, 0.6) is 0 Å². The smallest absolute Gasteiger partial charge is 0.248 e. The van der Waals surface area contributed by atoms with Crippen molar-refractivity contribution in [2.75, 3.05) is 0 Å². The van der Waals surface area contributed by atoms with Crippen molar-refractivity contribution in [3.05, 3.63) is 145 Å². The van der Waals surface area contributed by atoms with Crippen molar-refractivity contribution in [1.29, 1.82) is 0 Å². The van der Waals surface area contributed by atoms with Gasteiger partial charge in [-0.1, -0.05) is 135 Å². The first-order chi connectivity index (χ1) is 23.6. The summed E-state index contributed by atoms with van der Waals surface area (Å²) in [5.74, 6) is 0.963. The zero-order chi connectivity index (χ0) is 31.5. The van der Waals surface area contributed by atoms with E-state index in [2.05, 4.69) is 156 Å². The van der Waals surface area contributed by atoms with Gasteiger partial charge in [0.2, 0.25) is 12.5 Å². The molecule has 4 heteroatoms. The number of aromatic nitrogens is 3. The SMILES string of the molecule is CC1(C)c2ccccc2B2c3c1cc1ccccc1c3-n1c3c2c2ccccc2c2c4ccccc4cc(c23)n2c3ccccc3nc12. The van der Waals surface area contributed by atoms with Crippen molar-refractivity contribution in [2.24, 2.45) is 0 Å².